The lowest BCUT2D eigenvalue weighted by molar-refractivity contribution is 0.0729. The van der Waals surface area contributed by atoms with Crippen molar-refractivity contribution in [3.05, 3.63) is 94.0 Å². The van der Waals surface area contributed by atoms with Gasteiger partial charge >= 0.3 is 5.97 Å². The number of carbonyl (C=O) groups excluding carboxylic acids is 1. The van der Waals surface area contributed by atoms with Crippen LogP contribution < -0.4 is 9.47 Å². The third kappa shape index (κ3) is 4.83. The molecule has 3 rings (SSSR count). The van der Waals surface area contributed by atoms with Crippen molar-refractivity contribution in [1.29, 1.82) is 5.26 Å². The number of methoxy groups -OCH3 is 1. The number of halogens is 3. The van der Waals surface area contributed by atoms with Gasteiger partial charge in [0.25, 0.3) is 0 Å². The highest BCUT2D eigenvalue weighted by Crippen LogP contribution is 2.31. The predicted octanol–water partition coefficient (Wildman–Crippen LogP) is 5.91. The summed E-state index contributed by atoms with van der Waals surface area (Å²) in [5.41, 5.74) is 1.51. The third-order valence-electron chi connectivity index (χ3n) is 4.11. The number of rotatable bonds is 5. The summed E-state index contributed by atoms with van der Waals surface area (Å²) in [5, 5.41) is 9.99. The number of allylic oxidation sites excluding steroid dienone is 1. The summed E-state index contributed by atoms with van der Waals surface area (Å²) in [6.07, 6.45) is 1.63. The van der Waals surface area contributed by atoms with Crippen LogP contribution >= 0.6 is 11.6 Å². The molecule has 0 N–H and O–H groups in total. The lowest BCUT2D eigenvalue weighted by atomic mass is 10.0. The van der Waals surface area contributed by atoms with E-state index in [9.17, 15) is 18.8 Å². The Bertz CT molecular complexity index is 1190. The van der Waals surface area contributed by atoms with Crippen LogP contribution in [0.15, 0.2) is 60.7 Å². The van der Waals surface area contributed by atoms with E-state index in [1.54, 1.807) is 42.5 Å². The van der Waals surface area contributed by atoms with Gasteiger partial charge in [0.15, 0.2) is 23.1 Å². The molecular weight excluding hydrogens is 412 g/mol. The quantitative estimate of drug-likeness (QED) is 0.221. The summed E-state index contributed by atoms with van der Waals surface area (Å²) >= 11 is 5.99. The lowest BCUT2D eigenvalue weighted by Crippen LogP contribution is -2.10. The zero-order valence-corrected chi connectivity index (χ0v) is 16.4. The molecule has 30 heavy (non-hydrogen) atoms. The highest BCUT2D eigenvalue weighted by Gasteiger charge is 2.15. The Kier molecular flexibility index (Phi) is 6.45. The van der Waals surface area contributed by atoms with Crippen LogP contribution in [-0.4, -0.2) is 13.1 Å². The molecule has 0 amide bonds. The fraction of sp³-hybridized carbons (Fsp3) is 0.0435. The average molecular weight is 426 g/mol. The minimum absolute atomic E-state index is 0.0886. The second-order valence-corrected chi connectivity index (χ2v) is 6.55. The lowest BCUT2D eigenvalue weighted by Gasteiger charge is -2.10. The zero-order valence-electron chi connectivity index (χ0n) is 15.7. The smallest absolute Gasteiger partial charge is 0.343 e. The molecule has 0 radical (unpaired) electrons. The Morgan fingerprint density at radius 3 is 2.47 bits per heavy atom. The van der Waals surface area contributed by atoms with E-state index in [-0.39, 0.29) is 17.1 Å². The van der Waals surface area contributed by atoms with Gasteiger partial charge in [0.05, 0.1) is 24.3 Å². The summed E-state index contributed by atoms with van der Waals surface area (Å²) in [7, 11) is 1.39. The number of carbonyl (C=O) groups is 1. The molecule has 0 aliphatic heterocycles. The molecule has 0 spiro atoms. The van der Waals surface area contributed by atoms with E-state index in [2.05, 4.69) is 6.07 Å². The van der Waals surface area contributed by atoms with Crippen LogP contribution in [0.4, 0.5) is 8.78 Å². The van der Waals surface area contributed by atoms with Crippen LogP contribution in [0.5, 0.6) is 11.5 Å². The SMILES string of the molecule is COc1cc(/C=C(/C#N)c2cccc(Cl)c2)ccc1OC(=O)c1ccc(F)c(F)c1. The fourth-order valence-electron chi connectivity index (χ4n) is 2.64. The van der Waals surface area contributed by atoms with Crippen molar-refractivity contribution in [3.63, 3.8) is 0 Å². The molecule has 0 saturated heterocycles. The van der Waals surface area contributed by atoms with Gasteiger partial charge in [-0.25, -0.2) is 13.6 Å². The maximum absolute atomic E-state index is 13.3. The van der Waals surface area contributed by atoms with Crippen molar-refractivity contribution in [3.8, 4) is 17.6 Å². The molecule has 3 aromatic rings. The van der Waals surface area contributed by atoms with Crippen LogP contribution in [0.2, 0.25) is 5.02 Å². The Morgan fingerprint density at radius 2 is 1.80 bits per heavy atom. The van der Waals surface area contributed by atoms with E-state index in [1.165, 1.54) is 13.2 Å². The first-order valence-corrected chi connectivity index (χ1v) is 9.02. The molecule has 0 saturated carbocycles. The molecule has 0 aromatic heterocycles. The molecule has 0 aliphatic rings. The normalized spacial score (nSPS) is 11.0. The molecule has 150 valence electrons. The van der Waals surface area contributed by atoms with E-state index in [0.717, 1.165) is 18.2 Å². The van der Waals surface area contributed by atoms with Gasteiger partial charge in [-0.05, 0) is 59.7 Å². The van der Waals surface area contributed by atoms with Crippen molar-refractivity contribution < 1.29 is 23.0 Å². The first-order valence-electron chi connectivity index (χ1n) is 8.64. The molecule has 0 fully saturated rings. The Morgan fingerprint density at radius 1 is 1.00 bits per heavy atom. The van der Waals surface area contributed by atoms with Crippen molar-refractivity contribution in [2.45, 2.75) is 0 Å². The summed E-state index contributed by atoms with van der Waals surface area (Å²) < 4.78 is 36.9. The standard InChI is InChI=1S/C23H14ClF2NO3/c1-29-22-10-14(9-17(13-27)15-3-2-4-18(24)11-15)5-8-21(22)30-23(28)16-6-7-19(25)20(26)12-16/h2-12H,1H3/b17-9-. The van der Waals surface area contributed by atoms with Gasteiger partial charge < -0.3 is 9.47 Å². The summed E-state index contributed by atoms with van der Waals surface area (Å²) in [6.45, 7) is 0. The number of hydrogen-bond acceptors (Lipinski definition) is 4. The highest BCUT2D eigenvalue weighted by molar-refractivity contribution is 6.30. The average Bonchev–Trinajstić information content (AvgIpc) is 2.74. The van der Waals surface area contributed by atoms with E-state index in [1.807, 2.05) is 0 Å². The number of nitriles is 1. The second-order valence-electron chi connectivity index (χ2n) is 6.11. The number of esters is 1. The first-order chi connectivity index (χ1) is 14.4. The zero-order chi connectivity index (χ0) is 21.7. The maximum Gasteiger partial charge on any atom is 0.343 e. The molecule has 0 atom stereocenters. The molecule has 0 unspecified atom stereocenters. The molecule has 7 heteroatoms. The molecule has 0 heterocycles. The molecule has 3 aromatic carbocycles. The Hall–Kier alpha value is -3.69. The largest absolute Gasteiger partial charge is 0.493 e. The monoisotopic (exact) mass is 425 g/mol. The fourth-order valence-corrected chi connectivity index (χ4v) is 2.83. The minimum atomic E-state index is -1.15. The van der Waals surface area contributed by atoms with Gasteiger partial charge in [0, 0.05) is 5.02 Å². The van der Waals surface area contributed by atoms with Crippen molar-refractivity contribution in [1.82, 2.24) is 0 Å². The van der Waals surface area contributed by atoms with E-state index in [0.29, 0.717) is 21.7 Å². The van der Waals surface area contributed by atoms with E-state index < -0.39 is 17.6 Å². The van der Waals surface area contributed by atoms with Crippen molar-refractivity contribution >= 4 is 29.2 Å². The molecule has 0 bridgehead atoms. The Balaban J connectivity index is 1.88. The van der Waals surface area contributed by atoms with Crippen molar-refractivity contribution in [2.24, 2.45) is 0 Å². The van der Waals surface area contributed by atoms with Gasteiger partial charge in [-0.2, -0.15) is 5.26 Å². The molecular formula is C23H14ClF2NO3. The maximum atomic E-state index is 13.3. The predicted molar refractivity (Wildman–Crippen MR) is 109 cm³/mol. The minimum Gasteiger partial charge on any atom is -0.493 e. The topological polar surface area (TPSA) is 59.3 Å². The van der Waals surface area contributed by atoms with Crippen LogP contribution in [0.3, 0.4) is 0 Å². The summed E-state index contributed by atoms with van der Waals surface area (Å²) in [4.78, 5) is 12.2. The van der Waals surface area contributed by atoms with Gasteiger partial charge in [0.2, 0.25) is 0 Å². The number of hydrogen-bond donors (Lipinski definition) is 0. The van der Waals surface area contributed by atoms with Gasteiger partial charge in [-0.3, -0.25) is 0 Å². The van der Waals surface area contributed by atoms with E-state index >= 15 is 0 Å². The van der Waals surface area contributed by atoms with E-state index in [4.69, 9.17) is 21.1 Å². The van der Waals surface area contributed by atoms with Gasteiger partial charge in [-0.1, -0.05) is 29.8 Å². The van der Waals surface area contributed by atoms with Gasteiger partial charge in [-0.15, -0.1) is 0 Å². The van der Waals surface area contributed by atoms with Gasteiger partial charge in [0.1, 0.15) is 0 Å². The highest BCUT2D eigenvalue weighted by atomic mass is 35.5. The van der Waals surface area contributed by atoms with Crippen LogP contribution in [0.1, 0.15) is 21.5 Å². The number of nitrogens with zero attached hydrogens (tertiary/aromatic N) is 1. The Labute approximate surface area is 176 Å². The van der Waals surface area contributed by atoms with Crippen LogP contribution in [0.25, 0.3) is 11.6 Å². The van der Waals surface area contributed by atoms with Crippen molar-refractivity contribution in [2.75, 3.05) is 7.11 Å². The summed E-state index contributed by atoms with van der Waals surface area (Å²) in [5.74, 6) is -2.77. The van der Waals surface area contributed by atoms with Crippen LogP contribution in [-0.2, 0) is 0 Å². The number of benzene rings is 3. The number of ether oxygens (including phenoxy) is 2. The summed E-state index contributed by atoms with van der Waals surface area (Å²) in [6, 6.07) is 16.4. The molecule has 0 aliphatic carbocycles. The third-order valence-corrected chi connectivity index (χ3v) is 4.35. The first kappa shape index (κ1) is 21.0. The second kappa shape index (κ2) is 9.21. The van der Waals surface area contributed by atoms with Crippen LogP contribution in [0, 0.1) is 23.0 Å². The molecule has 4 nitrogen and oxygen atoms in total.